The van der Waals surface area contributed by atoms with Gasteiger partial charge in [0.25, 0.3) is 0 Å². The number of nitrogens with one attached hydrogen (secondary N) is 1. The quantitative estimate of drug-likeness (QED) is 0.721. The van der Waals surface area contributed by atoms with Crippen LogP contribution >= 0.6 is 24.0 Å². The molecule has 0 aliphatic heterocycles. The molecule has 120 valence electrons. The molecule has 5 heteroatoms. The molecule has 0 radical (unpaired) electrons. The molecule has 0 saturated carbocycles. The van der Waals surface area contributed by atoms with Crippen LogP contribution in [0.4, 0.5) is 5.82 Å². The maximum Gasteiger partial charge on any atom is 0.134 e. The van der Waals surface area contributed by atoms with Crippen molar-refractivity contribution in [3.8, 4) is 11.3 Å². The molecule has 1 aromatic heterocycles. The van der Waals surface area contributed by atoms with Crippen molar-refractivity contribution in [2.75, 3.05) is 18.4 Å². The number of halogens is 2. The van der Waals surface area contributed by atoms with Gasteiger partial charge in [-0.05, 0) is 24.4 Å². The summed E-state index contributed by atoms with van der Waals surface area (Å²) in [4.78, 5) is 4.75. The van der Waals surface area contributed by atoms with Gasteiger partial charge in [0.05, 0.1) is 5.69 Å². The molecule has 3 aromatic rings. The molecule has 0 amide bonds. The minimum absolute atomic E-state index is 0. The number of hydrogen-bond acceptors (Lipinski definition) is 3. The first-order chi connectivity index (χ1) is 10.7. The molecule has 23 heavy (non-hydrogen) atoms. The summed E-state index contributed by atoms with van der Waals surface area (Å²) in [6.45, 7) is 3.33. The Morgan fingerprint density at radius 1 is 1.13 bits per heavy atom. The van der Waals surface area contributed by atoms with Gasteiger partial charge in [0, 0.05) is 29.1 Å². The summed E-state index contributed by atoms with van der Waals surface area (Å²) in [5, 5.41) is 6.24. The van der Waals surface area contributed by atoms with E-state index in [1.165, 1.54) is 5.56 Å². The molecule has 0 unspecified atom stereocenters. The normalized spacial score (nSPS) is 10.4. The number of anilines is 1. The van der Waals surface area contributed by atoms with Crippen molar-refractivity contribution < 1.29 is 0 Å². The maximum atomic E-state index is 6.32. The van der Waals surface area contributed by atoms with E-state index in [2.05, 4.69) is 36.5 Å². The smallest absolute Gasteiger partial charge is 0.134 e. The number of aryl methyl sites for hydroxylation is 1. The van der Waals surface area contributed by atoms with E-state index in [1.54, 1.807) is 0 Å². The average molecular weight is 348 g/mol. The number of pyridine rings is 1. The third-order valence-electron chi connectivity index (χ3n) is 3.57. The topological polar surface area (TPSA) is 50.9 Å². The molecule has 0 aliphatic carbocycles. The monoisotopic (exact) mass is 347 g/mol. The van der Waals surface area contributed by atoms with E-state index in [0.717, 1.165) is 27.8 Å². The fraction of sp³-hybridized carbons (Fsp3) is 0.167. The van der Waals surface area contributed by atoms with Gasteiger partial charge in [0.1, 0.15) is 5.82 Å². The second-order valence-corrected chi connectivity index (χ2v) is 5.68. The molecule has 0 bridgehead atoms. The van der Waals surface area contributed by atoms with E-state index in [4.69, 9.17) is 22.3 Å². The van der Waals surface area contributed by atoms with Crippen molar-refractivity contribution in [3.63, 3.8) is 0 Å². The molecule has 0 atom stereocenters. The molecule has 1 heterocycles. The molecule has 0 aliphatic rings. The van der Waals surface area contributed by atoms with E-state index in [-0.39, 0.29) is 12.4 Å². The Balaban J connectivity index is 0.00000192. The Morgan fingerprint density at radius 3 is 2.65 bits per heavy atom. The van der Waals surface area contributed by atoms with Crippen molar-refractivity contribution in [2.24, 2.45) is 5.73 Å². The summed E-state index contributed by atoms with van der Waals surface area (Å²) in [6.07, 6.45) is 0. The maximum absolute atomic E-state index is 6.32. The highest BCUT2D eigenvalue weighted by Gasteiger charge is 2.10. The van der Waals surface area contributed by atoms with E-state index >= 15 is 0 Å². The first-order valence-electron chi connectivity index (χ1n) is 7.29. The zero-order valence-electron chi connectivity index (χ0n) is 12.8. The lowest BCUT2D eigenvalue weighted by Crippen LogP contribution is -2.14. The summed E-state index contributed by atoms with van der Waals surface area (Å²) >= 11 is 6.32. The highest BCUT2D eigenvalue weighted by molar-refractivity contribution is 6.33. The number of fused-ring (bicyclic) bond motifs is 1. The van der Waals surface area contributed by atoms with E-state index in [1.807, 2.05) is 24.3 Å². The van der Waals surface area contributed by atoms with E-state index < -0.39 is 0 Å². The van der Waals surface area contributed by atoms with Gasteiger partial charge in [-0.1, -0.05) is 53.6 Å². The zero-order chi connectivity index (χ0) is 15.5. The Morgan fingerprint density at radius 2 is 1.91 bits per heavy atom. The molecule has 3 nitrogen and oxygen atoms in total. The van der Waals surface area contributed by atoms with Crippen molar-refractivity contribution >= 4 is 40.6 Å². The predicted octanol–water partition coefficient (Wildman–Crippen LogP) is 4.66. The zero-order valence-corrected chi connectivity index (χ0v) is 14.4. The summed E-state index contributed by atoms with van der Waals surface area (Å²) in [5.41, 5.74) is 8.62. The van der Waals surface area contributed by atoms with E-state index in [0.29, 0.717) is 18.1 Å². The van der Waals surface area contributed by atoms with Crippen LogP contribution in [0, 0.1) is 6.92 Å². The molecule has 0 spiro atoms. The second-order valence-electron chi connectivity index (χ2n) is 5.28. The van der Waals surface area contributed by atoms with Gasteiger partial charge in [0.15, 0.2) is 0 Å². The lowest BCUT2D eigenvalue weighted by Gasteiger charge is -2.12. The molecule has 3 N–H and O–H groups in total. The van der Waals surface area contributed by atoms with Crippen molar-refractivity contribution in [1.29, 1.82) is 0 Å². The Labute approximate surface area is 147 Å². The number of benzene rings is 2. The second kappa shape index (κ2) is 7.64. The van der Waals surface area contributed by atoms with Crippen molar-refractivity contribution in [3.05, 3.63) is 59.1 Å². The average Bonchev–Trinajstić information content (AvgIpc) is 2.52. The molecule has 0 fully saturated rings. The van der Waals surface area contributed by atoms with Crippen LogP contribution in [0.25, 0.3) is 22.0 Å². The standard InChI is InChI=1S/C18H18ClN3.ClH/c1-12-6-7-14-13(10-12)11-17(22-18(14)21-9-8-20)15-4-2-3-5-16(15)19;/h2-7,10-11H,8-9,20H2,1H3,(H,21,22);1H. The fourth-order valence-corrected chi connectivity index (χ4v) is 2.74. The summed E-state index contributed by atoms with van der Waals surface area (Å²) in [5.74, 6) is 0.845. The number of nitrogens with two attached hydrogens (primary N) is 1. The Bertz CT molecular complexity index is 818. The lowest BCUT2D eigenvalue weighted by atomic mass is 10.0. The van der Waals surface area contributed by atoms with Crippen LogP contribution < -0.4 is 11.1 Å². The van der Waals surface area contributed by atoms with Gasteiger partial charge in [-0.25, -0.2) is 4.98 Å². The van der Waals surface area contributed by atoms with Crippen LogP contribution in [0.3, 0.4) is 0 Å². The highest BCUT2D eigenvalue weighted by Crippen LogP contribution is 2.31. The van der Waals surface area contributed by atoms with Crippen molar-refractivity contribution in [1.82, 2.24) is 4.98 Å². The predicted molar refractivity (Wildman–Crippen MR) is 102 cm³/mol. The van der Waals surface area contributed by atoms with Crippen LogP contribution in [0.2, 0.25) is 5.02 Å². The lowest BCUT2D eigenvalue weighted by molar-refractivity contribution is 1.02. The van der Waals surface area contributed by atoms with Gasteiger partial charge < -0.3 is 11.1 Å². The summed E-state index contributed by atoms with van der Waals surface area (Å²) in [7, 11) is 0. The van der Waals surface area contributed by atoms with Gasteiger partial charge in [-0.15, -0.1) is 12.4 Å². The number of rotatable bonds is 4. The Kier molecular flexibility index (Phi) is 5.83. The third kappa shape index (κ3) is 3.75. The van der Waals surface area contributed by atoms with Crippen LogP contribution in [0.1, 0.15) is 5.56 Å². The van der Waals surface area contributed by atoms with Gasteiger partial charge in [0.2, 0.25) is 0 Å². The van der Waals surface area contributed by atoms with Crippen LogP contribution in [-0.4, -0.2) is 18.1 Å². The van der Waals surface area contributed by atoms with Gasteiger partial charge >= 0.3 is 0 Å². The first kappa shape index (κ1) is 17.5. The number of hydrogen-bond donors (Lipinski definition) is 2. The molecule has 0 saturated heterocycles. The highest BCUT2D eigenvalue weighted by atomic mass is 35.5. The SMILES string of the molecule is Cc1ccc2c(NCCN)nc(-c3ccccc3Cl)cc2c1.Cl. The molecular weight excluding hydrogens is 329 g/mol. The van der Waals surface area contributed by atoms with Gasteiger partial charge in [-0.2, -0.15) is 0 Å². The minimum Gasteiger partial charge on any atom is -0.368 e. The third-order valence-corrected chi connectivity index (χ3v) is 3.90. The largest absolute Gasteiger partial charge is 0.368 e. The molecule has 3 rings (SSSR count). The molecule has 2 aromatic carbocycles. The Hall–Kier alpha value is -1.81. The minimum atomic E-state index is 0. The van der Waals surface area contributed by atoms with Crippen molar-refractivity contribution in [2.45, 2.75) is 6.92 Å². The van der Waals surface area contributed by atoms with E-state index in [9.17, 15) is 0 Å². The van der Waals surface area contributed by atoms with Crippen LogP contribution in [-0.2, 0) is 0 Å². The summed E-state index contributed by atoms with van der Waals surface area (Å²) in [6, 6.07) is 16.2. The number of aromatic nitrogens is 1. The fourth-order valence-electron chi connectivity index (χ4n) is 2.51. The van der Waals surface area contributed by atoms with Gasteiger partial charge in [-0.3, -0.25) is 0 Å². The van der Waals surface area contributed by atoms with Crippen LogP contribution in [0.5, 0.6) is 0 Å². The summed E-state index contributed by atoms with van der Waals surface area (Å²) < 4.78 is 0. The van der Waals surface area contributed by atoms with Crippen LogP contribution in [0.15, 0.2) is 48.5 Å². The molecular formula is C18H19Cl2N3. The first-order valence-corrected chi connectivity index (χ1v) is 7.67. The number of nitrogens with zero attached hydrogens (tertiary/aromatic N) is 1.